The second kappa shape index (κ2) is 5.22. The molecule has 0 amide bonds. The van der Waals surface area contributed by atoms with Crippen LogP contribution in [-0.2, 0) is 6.42 Å². The van der Waals surface area contributed by atoms with Crippen molar-refractivity contribution < 1.29 is 0 Å². The lowest BCUT2D eigenvalue weighted by atomic mass is 9.94. The lowest BCUT2D eigenvalue weighted by Crippen LogP contribution is -2.40. The topological polar surface area (TPSA) is 41.0 Å². The zero-order valence-electron chi connectivity index (χ0n) is 11.1. The number of anilines is 1. The molecule has 4 heteroatoms. The number of rotatable bonds is 3. The van der Waals surface area contributed by atoms with Gasteiger partial charge in [-0.15, -0.1) is 0 Å². The molecule has 0 aromatic carbocycles. The van der Waals surface area contributed by atoms with Crippen molar-refractivity contribution in [2.45, 2.75) is 38.6 Å². The molecule has 2 aliphatic rings. The number of hydrogen-bond donors (Lipinski definition) is 1. The van der Waals surface area contributed by atoms with Gasteiger partial charge in [0.25, 0.3) is 0 Å². The van der Waals surface area contributed by atoms with E-state index in [1.807, 2.05) is 0 Å². The highest BCUT2D eigenvalue weighted by Crippen LogP contribution is 2.28. The molecule has 18 heavy (non-hydrogen) atoms. The molecule has 2 unspecified atom stereocenters. The molecule has 2 atom stereocenters. The Balaban J connectivity index is 1.73. The SMILES string of the molecule is CCCc1cc(N2CC3CCCNC3C2)ncn1. The Morgan fingerprint density at radius 1 is 1.39 bits per heavy atom. The number of fused-ring (bicyclic) bond motifs is 1. The number of aromatic nitrogens is 2. The third-order valence-electron chi connectivity index (χ3n) is 4.14. The first-order chi connectivity index (χ1) is 8.86. The van der Waals surface area contributed by atoms with E-state index in [1.165, 1.54) is 25.1 Å². The lowest BCUT2D eigenvalue weighted by molar-refractivity contribution is 0.340. The highest BCUT2D eigenvalue weighted by Gasteiger charge is 2.34. The van der Waals surface area contributed by atoms with Gasteiger partial charge in [-0.1, -0.05) is 13.3 Å². The van der Waals surface area contributed by atoms with Gasteiger partial charge < -0.3 is 10.2 Å². The van der Waals surface area contributed by atoms with Crippen LogP contribution in [0.15, 0.2) is 12.4 Å². The fourth-order valence-electron chi connectivity index (χ4n) is 3.19. The minimum atomic E-state index is 0.670. The van der Waals surface area contributed by atoms with Crippen LogP contribution >= 0.6 is 0 Å². The lowest BCUT2D eigenvalue weighted by Gasteiger charge is -2.24. The van der Waals surface area contributed by atoms with Gasteiger partial charge in [0.1, 0.15) is 12.1 Å². The number of nitrogens with one attached hydrogen (secondary N) is 1. The summed E-state index contributed by atoms with van der Waals surface area (Å²) in [5, 5.41) is 3.64. The van der Waals surface area contributed by atoms with E-state index in [0.29, 0.717) is 6.04 Å². The molecule has 1 aromatic heterocycles. The monoisotopic (exact) mass is 246 g/mol. The van der Waals surface area contributed by atoms with Crippen LogP contribution < -0.4 is 10.2 Å². The summed E-state index contributed by atoms with van der Waals surface area (Å²) in [6.07, 6.45) is 6.59. The summed E-state index contributed by atoms with van der Waals surface area (Å²) in [6.45, 7) is 5.63. The fraction of sp³-hybridized carbons (Fsp3) is 0.714. The second-order valence-corrected chi connectivity index (χ2v) is 5.49. The third-order valence-corrected chi connectivity index (χ3v) is 4.14. The summed E-state index contributed by atoms with van der Waals surface area (Å²) in [5.74, 6) is 1.92. The molecular weight excluding hydrogens is 224 g/mol. The molecule has 2 fully saturated rings. The molecule has 4 nitrogen and oxygen atoms in total. The minimum absolute atomic E-state index is 0.670. The van der Waals surface area contributed by atoms with Gasteiger partial charge in [-0.2, -0.15) is 0 Å². The zero-order valence-corrected chi connectivity index (χ0v) is 11.1. The van der Waals surface area contributed by atoms with Crippen molar-refractivity contribution in [2.24, 2.45) is 5.92 Å². The molecule has 3 heterocycles. The molecule has 0 bridgehead atoms. The number of nitrogens with zero attached hydrogens (tertiary/aromatic N) is 3. The van der Waals surface area contributed by atoms with Crippen LogP contribution in [0.2, 0.25) is 0 Å². The van der Waals surface area contributed by atoms with E-state index >= 15 is 0 Å². The molecule has 0 radical (unpaired) electrons. The molecule has 1 aromatic rings. The Kier molecular flexibility index (Phi) is 3.46. The Morgan fingerprint density at radius 3 is 3.17 bits per heavy atom. The summed E-state index contributed by atoms with van der Waals surface area (Å²) < 4.78 is 0. The Bertz CT molecular complexity index is 393. The first kappa shape index (κ1) is 11.9. The Hall–Kier alpha value is -1.16. The third kappa shape index (κ3) is 2.34. The average molecular weight is 246 g/mol. The predicted molar refractivity (Wildman–Crippen MR) is 72.8 cm³/mol. The van der Waals surface area contributed by atoms with Crippen molar-refractivity contribution in [2.75, 3.05) is 24.5 Å². The van der Waals surface area contributed by atoms with Crippen LogP contribution in [0.3, 0.4) is 0 Å². The largest absolute Gasteiger partial charge is 0.355 e. The molecule has 2 aliphatic heterocycles. The Morgan fingerprint density at radius 2 is 2.33 bits per heavy atom. The smallest absolute Gasteiger partial charge is 0.132 e. The summed E-state index contributed by atoms with van der Waals surface area (Å²) in [5.41, 5.74) is 1.17. The van der Waals surface area contributed by atoms with Crippen molar-refractivity contribution in [3.8, 4) is 0 Å². The van der Waals surface area contributed by atoms with E-state index in [2.05, 4.69) is 33.2 Å². The summed E-state index contributed by atoms with van der Waals surface area (Å²) in [6, 6.07) is 2.84. The number of piperidine rings is 1. The van der Waals surface area contributed by atoms with Crippen LogP contribution in [-0.4, -0.2) is 35.6 Å². The standard InChI is InChI=1S/C14H22N4/c1-2-4-12-7-14(17-10-16-12)18-8-11-5-3-6-15-13(11)9-18/h7,10-11,13,15H,2-6,8-9H2,1H3. The molecule has 98 valence electrons. The van der Waals surface area contributed by atoms with Gasteiger partial charge >= 0.3 is 0 Å². The molecular formula is C14H22N4. The first-order valence-corrected chi connectivity index (χ1v) is 7.16. The van der Waals surface area contributed by atoms with E-state index in [-0.39, 0.29) is 0 Å². The van der Waals surface area contributed by atoms with Gasteiger partial charge in [0.2, 0.25) is 0 Å². The maximum atomic E-state index is 4.45. The summed E-state index contributed by atoms with van der Waals surface area (Å²) in [4.78, 5) is 11.2. The van der Waals surface area contributed by atoms with E-state index < -0.39 is 0 Å². The molecule has 0 saturated carbocycles. The van der Waals surface area contributed by atoms with Crippen molar-refractivity contribution in [1.29, 1.82) is 0 Å². The van der Waals surface area contributed by atoms with Gasteiger partial charge in [0.15, 0.2) is 0 Å². The molecule has 0 spiro atoms. The van der Waals surface area contributed by atoms with Crippen molar-refractivity contribution in [1.82, 2.24) is 15.3 Å². The van der Waals surface area contributed by atoms with E-state index in [1.54, 1.807) is 6.33 Å². The molecule has 2 saturated heterocycles. The average Bonchev–Trinajstić information content (AvgIpc) is 2.83. The molecule has 0 aliphatic carbocycles. The van der Waals surface area contributed by atoms with E-state index in [4.69, 9.17) is 0 Å². The van der Waals surface area contributed by atoms with Crippen LogP contribution in [0.25, 0.3) is 0 Å². The first-order valence-electron chi connectivity index (χ1n) is 7.16. The minimum Gasteiger partial charge on any atom is -0.355 e. The second-order valence-electron chi connectivity index (χ2n) is 5.49. The van der Waals surface area contributed by atoms with Crippen molar-refractivity contribution in [3.63, 3.8) is 0 Å². The van der Waals surface area contributed by atoms with Crippen LogP contribution in [0, 0.1) is 5.92 Å². The van der Waals surface area contributed by atoms with E-state index in [9.17, 15) is 0 Å². The normalized spacial score (nSPS) is 27.3. The van der Waals surface area contributed by atoms with Gasteiger partial charge in [-0.3, -0.25) is 0 Å². The Labute approximate surface area is 109 Å². The highest BCUT2D eigenvalue weighted by molar-refractivity contribution is 5.41. The summed E-state index contributed by atoms with van der Waals surface area (Å²) >= 11 is 0. The fourth-order valence-corrected chi connectivity index (χ4v) is 3.19. The van der Waals surface area contributed by atoms with Gasteiger partial charge in [-0.05, 0) is 31.7 Å². The molecule has 1 N–H and O–H groups in total. The van der Waals surface area contributed by atoms with Crippen LogP contribution in [0.5, 0.6) is 0 Å². The number of aryl methyl sites for hydroxylation is 1. The summed E-state index contributed by atoms with van der Waals surface area (Å²) in [7, 11) is 0. The van der Waals surface area contributed by atoms with Crippen LogP contribution in [0.1, 0.15) is 31.9 Å². The van der Waals surface area contributed by atoms with Gasteiger partial charge in [-0.25, -0.2) is 9.97 Å². The predicted octanol–water partition coefficient (Wildman–Crippen LogP) is 1.62. The highest BCUT2D eigenvalue weighted by atomic mass is 15.2. The zero-order chi connectivity index (χ0) is 12.4. The van der Waals surface area contributed by atoms with Crippen LogP contribution in [0.4, 0.5) is 5.82 Å². The van der Waals surface area contributed by atoms with Gasteiger partial charge in [0.05, 0.1) is 0 Å². The van der Waals surface area contributed by atoms with Crippen molar-refractivity contribution in [3.05, 3.63) is 18.1 Å². The van der Waals surface area contributed by atoms with Crippen molar-refractivity contribution >= 4 is 5.82 Å². The number of hydrogen-bond acceptors (Lipinski definition) is 4. The van der Waals surface area contributed by atoms with E-state index in [0.717, 1.165) is 37.7 Å². The van der Waals surface area contributed by atoms with Gasteiger partial charge in [0, 0.05) is 30.9 Å². The maximum Gasteiger partial charge on any atom is 0.132 e. The quantitative estimate of drug-likeness (QED) is 0.880. The maximum absolute atomic E-state index is 4.45. The molecule has 3 rings (SSSR count).